The molecular weight excluding hydrogens is 248 g/mol. The molecule has 1 N–H and O–H groups in total. The quantitative estimate of drug-likeness (QED) is 0.842. The van der Waals surface area contributed by atoms with E-state index in [1.54, 1.807) is 0 Å². The van der Waals surface area contributed by atoms with Crippen molar-refractivity contribution in [3.63, 3.8) is 0 Å². The minimum absolute atomic E-state index is 0.335. The molecule has 3 rings (SSSR count). The maximum absolute atomic E-state index is 12.7. The van der Waals surface area contributed by atoms with Crippen LogP contribution in [0.3, 0.4) is 0 Å². The van der Waals surface area contributed by atoms with Gasteiger partial charge in [-0.05, 0) is 69.7 Å². The maximum Gasteiger partial charge on any atom is 0.225 e. The number of piperidine rings is 1. The first kappa shape index (κ1) is 14.4. The zero-order chi connectivity index (χ0) is 13.9. The molecule has 0 aromatic carbocycles. The molecule has 0 aromatic heterocycles. The second kappa shape index (κ2) is 6.46. The van der Waals surface area contributed by atoms with Crippen LogP contribution in [0.1, 0.15) is 58.3 Å². The van der Waals surface area contributed by atoms with E-state index >= 15 is 0 Å². The van der Waals surface area contributed by atoms with Crippen LogP contribution < -0.4 is 5.32 Å². The lowest BCUT2D eigenvalue weighted by Crippen LogP contribution is -2.48. The maximum atomic E-state index is 12.7. The number of carbonyl (C=O) groups is 1. The molecule has 2 aliphatic heterocycles. The van der Waals surface area contributed by atoms with Crippen molar-refractivity contribution in [3.05, 3.63) is 0 Å². The zero-order valence-electron chi connectivity index (χ0n) is 12.9. The first-order chi connectivity index (χ1) is 9.74. The van der Waals surface area contributed by atoms with E-state index in [1.165, 1.54) is 45.1 Å². The van der Waals surface area contributed by atoms with Gasteiger partial charge in [0.2, 0.25) is 5.91 Å². The minimum atomic E-state index is 0.335. The Kier molecular flexibility index (Phi) is 4.65. The molecule has 0 spiro atoms. The summed E-state index contributed by atoms with van der Waals surface area (Å²) in [6.07, 6.45) is 9.89. The highest BCUT2D eigenvalue weighted by Gasteiger charge is 2.34. The summed E-state index contributed by atoms with van der Waals surface area (Å²) < 4.78 is 0. The Hall–Kier alpha value is -0.570. The average Bonchev–Trinajstić information content (AvgIpc) is 3.02. The first-order valence-corrected chi connectivity index (χ1v) is 8.76. The molecule has 114 valence electrons. The Morgan fingerprint density at radius 3 is 2.55 bits per heavy atom. The number of rotatable bonds is 2. The van der Waals surface area contributed by atoms with Crippen molar-refractivity contribution in [2.24, 2.45) is 17.8 Å². The van der Waals surface area contributed by atoms with E-state index in [4.69, 9.17) is 0 Å². The van der Waals surface area contributed by atoms with Crippen molar-refractivity contribution in [1.29, 1.82) is 0 Å². The lowest BCUT2D eigenvalue weighted by atomic mass is 9.81. The number of hydrogen-bond donors (Lipinski definition) is 1. The van der Waals surface area contributed by atoms with E-state index in [1.807, 2.05) is 0 Å². The van der Waals surface area contributed by atoms with E-state index in [0.29, 0.717) is 23.8 Å². The van der Waals surface area contributed by atoms with Crippen molar-refractivity contribution in [1.82, 2.24) is 10.2 Å². The van der Waals surface area contributed by atoms with Gasteiger partial charge in [-0.2, -0.15) is 0 Å². The fourth-order valence-corrected chi connectivity index (χ4v) is 4.42. The molecule has 2 unspecified atom stereocenters. The molecule has 0 bridgehead atoms. The molecule has 1 amide bonds. The lowest BCUT2D eigenvalue weighted by molar-refractivity contribution is -0.138. The third-order valence-electron chi connectivity index (χ3n) is 5.80. The van der Waals surface area contributed by atoms with Crippen LogP contribution >= 0.6 is 0 Å². The van der Waals surface area contributed by atoms with Gasteiger partial charge < -0.3 is 10.2 Å². The molecule has 2 heterocycles. The molecule has 3 fully saturated rings. The highest BCUT2D eigenvalue weighted by atomic mass is 16.2. The van der Waals surface area contributed by atoms with Gasteiger partial charge in [-0.15, -0.1) is 0 Å². The van der Waals surface area contributed by atoms with Crippen LogP contribution in [0.25, 0.3) is 0 Å². The zero-order valence-corrected chi connectivity index (χ0v) is 12.9. The number of hydrogen-bond acceptors (Lipinski definition) is 2. The minimum Gasteiger partial charge on any atom is -0.342 e. The summed E-state index contributed by atoms with van der Waals surface area (Å²) in [7, 11) is 0. The van der Waals surface area contributed by atoms with Gasteiger partial charge in [0.1, 0.15) is 0 Å². The van der Waals surface area contributed by atoms with Gasteiger partial charge in [-0.25, -0.2) is 0 Å². The van der Waals surface area contributed by atoms with E-state index in [0.717, 1.165) is 31.8 Å². The molecule has 3 nitrogen and oxygen atoms in total. The number of likely N-dealkylation sites (tertiary alicyclic amines) is 1. The summed E-state index contributed by atoms with van der Waals surface area (Å²) in [5.41, 5.74) is 0. The van der Waals surface area contributed by atoms with Crippen LogP contribution in [0, 0.1) is 17.8 Å². The monoisotopic (exact) mass is 278 g/mol. The molecular formula is C17H30N2O. The van der Waals surface area contributed by atoms with Crippen LogP contribution in [0.4, 0.5) is 0 Å². The van der Waals surface area contributed by atoms with E-state index in [9.17, 15) is 4.79 Å². The summed E-state index contributed by atoms with van der Waals surface area (Å²) in [4.78, 5) is 14.9. The molecule has 2 saturated heterocycles. The van der Waals surface area contributed by atoms with Crippen LogP contribution in [0.15, 0.2) is 0 Å². The molecule has 2 atom stereocenters. The smallest absolute Gasteiger partial charge is 0.225 e. The van der Waals surface area contributed by atoms with Crippen molar-refractivity contribution >= 4 is 5.91 Å². The second-order valence-corrected chi connectivity index (χ2v) is 7.35. The van der Waals surface area contributed by atoms with Crippen molar-refractivity contribution in [2.45, 2.75) is 64.3 Å². The van der Waals surface area contributed by atoms with Gasteiger partial charge in [0.15, 0.2) is 0 Å². The molecule has 3 heteroatoms. The van der Waals surface area contributed by atoms with Crippen molar-refractivity contribution in [2.75, 3.05) is 19.6 Å². The topological polar surface area (TPSA) is 32.3 Å². The largest absolute Gasteiger partial charge is 0.342 e. The molecule has 0 aromatic rings. The molecule has 1 aliphatic carbocycles. The van der Waals surface area contributed by atoms with Crippen LogP contribution in [0.5, 0.6) is 0 Å². The summed E-state index contributed by atoms with van der Waals surface area (Å²) in [5.74, 6) is 2.34. The Bertz CT molecular complexity index is 330. The SMILES string of the molecule is CC1CCC(C(=O)N2CCCC(C3CCCN3)C2)CC1. The van der Waals surface area contributed by atoms with Crippen LogP contribution in [-0.4, -0.2) is 36.5 Å². The number of carbonyl (C=O) groups excluding carboxylic acids is 1. The fraction of sp³-hybridized carbons (Fsp3) is 0.941. The van der Waals surface area contributed by atoms with Gasteiger partial charge >= 0.3 is 0 Å². The van der Waals surface area contributed by atoms with E-state index in [2.05, 4.69) is 17.1 Å². The Morgan fingerprint density at radius 1 is 1.05 bits per heavy atom. The molecule has 1 saturated carbocycles. The summed E-state index contributed by atoms with van der Waals surface area (Å²) >= 11 is 0. The first-order valence-electron chi connectivity index (χ1n) is 8.76. The van der Waals surface area contributed by atoms with E-state index in [-0.39, 0.29) is 0 Å². The van der Waals surface area contributed by atoms with Crippen molar-refractivity contribution in [3.8, 4) is 0 Å². The number of nitrogens with one attached hydrogen (secondary N) is 1. The second-order valence-electron chi connectivity index (χ2n) is 7.35. The Labute approximate surface area is 123 Å². The van der Waals surface area contributed by atoms with Gasteiger partial charge in [-0.3, -0.25) is 4.79 Å². The molecule has 20 heavy (non-hydrogen) atoms. The highest BCUT2D eigenvalue weighted by Crippen LogP contribution is 2.31. The summed E-state index contributed by atoms with van der Waals surface area (Å²) in [6.45, 7) is 5.52. The normalized spacial score (nSPS) is 39.0. The number of amides is 1. The predicted octanol–water partition coefficient (Wildman–Crippen LogP) is 2.80. The lowest BCUT2D eigenvalue weighted by Gasteiger charge is -2.38. The summed E-state index contributed by atoms with van der Waals surface area (Å²) in [6, 6.07) is 0.678. The Morgan fingerprint density at radius 2 is 1.85 bits per heavy atom. The van der Waals surface area contributed by atoms with Gasteiger partial charge in [0, 0.05) is 25.0 Å². The van der Waals surface area contributed by atoms with Crippen molar-refractivity contribution < 1.29 is 4.79 Å². The highest BCUT2D eigenvalue weighted by molar-refractivity contribution is 5.79. The Balaban J connectivity index is 1.54. The van der Waals surface area contributed by atoms with E-state index < -0.39 is 0 Å². The van der Waals surface area contributed by atoms with Gasteiger partial charge in [0.05, 0.1) is 0 Å². The predicted molar refractivity (Wildman–Crippen MR) is 81.5 cm³/mol. The average molecular weight is 278 g/mol. The molecule has 3 aliphatic rings. The third-order valence-corrected chi connectivity index (χ3v) is 5.80. The van der Waals surface area contributed by atoms with Crippen LogP contribution in [-0.2, 0) is 4.79 Å². The fourth-order valence-electron chi connectivity index (χ4n) is 4.42. The summed E-state index contributed by atoms with van der Waals surface area (Å²) in [5, 5.41) is 3.63. The number of nitrogens with zero attached hydrogens (tertiary/aromatic N) is 1. The molecule has 0 radical (unpaired) electrons. The standard InChI is InChI=1S/C17H30N2O/c1-13-6-8-14(9-7-13)17(20)19-11-3-4-15(12-19)16-5-2-10-18-16/h13-16,18H,2-12H2,1H3. The van der Waals surface area contributed by atoms with Crippen LogP contribution in [0.2, 0.25) is 0 Å². The third kappa shape index (κ3) is 3.19. The van der Waals surface area contributed by atoms with Gasteiger partial charge in [-0.1, -0.05) is 6.92 Å². The van der Waals surface area contributed by atoms with Gasteiger partial charge in [0.25, 0.3) is 0 Å².